The maximum absolute atomic E-state index is 9.00. The lowest BCUT2D eigenvalue weighted by Gasteiger charge is -2.02. The van der Waals surface area contributed by atoms with Crippen LogP contribution in [-0.2, 0) is 9.59 Å². The van der Waals surface area contributed by atoms with E-state index in [0.717, 1.165) is 25.8 Å². The summed E-state index contributed by atoms with van der Waals surface area (Å²) in [6.45, 7) is 6.36. The molecule has 1 unspecified atom stereocenters. The molecule has 4 N–H and O–H groups in total. The van der Waals surface area contributed by atoms with E-state index in [0.29, 0.717) is 5.92 Å². The molecule has 0 bridgehead atoms. The molecule has 0 spiro atoms. The summed E-state index contributed by atoms with van der Waals surface area (Å²) < 4.78 is 0. The molecular weight excluding hydrogens is 240 g/mol. The van der Waals surface area contributed by atoms with Crippen LogP contribution in [0.2, 0.25) is 0 Å². The van der Waals surface area contributed by atoms with E-state index >= 15 is 0 Å². The van der Waals surface area contributed by atoms with E-state index in [-0.39, 0.29) is 13.2 Å². The lowest BCUT2D eigenvalue weighted by molar-refractivity contribution is -0.135. The van der Waals surface area contributed by atoms with Crippen molar-refractivity contribution in [2.75, 3.05) is 13.2 Å². The molecule has 0 aliphatic carbocycles. The second-order valence-electron chi connectivity index (χ2n) is 3.77. The average Bonchev–Trinajstić information content (AvgIpc) is 2.23. The Hall–Kier alpha value is -1.40. The largest absolute Gasteiger partial charge is 0.481 e. The first-order chi connectivity index (χ1) is 8.17. The zero-order valence-corrected chi connectivity index (χ0v) is 11.4. The summed E-state index contributed by atoms with van der Waals surface area (Å²) >= 11 is 0. The first-order valence-corrected chi connectivity index (χ1v) is 5.43. The van der Waals surface area contributed by atoms with E-state index in [1.54, 1.807) is 0 Å². The quantitative estimate of drug-likeness (QED) is 0.566. The van der Waals surface area contributed by atoms with Crippen molar-refractivity contribution in [3.8, 4) is 0 Å². The molecule has 6 nitrogen and oxygen atoms in total. The van der Waals surface area contributed by atoms with E-state index < -0.39 is 11.9 Å². The highest BCUT2D eigenvalue weighted by molar-refractivity contribution is 5.63. The van der Waals surface area contributed by atoms with Gasteiger partial charge >= 0.3 is 0 Å². The molecule has 1 atom stereocenters. The van der Waals surface area contributed by atoms with Gasteiger partial charge in [0, 0.05) is 20.5 Å². The van der Waals surface area contributed by atoms with Crippen LogP contribution in [0.25, 0.3) is 0 Å². The van der Waals surface area contributed by atoms with Crippen molar-refractivity contribution in [2.45, 2.75) is 34.1 Å². The first-order valence-electron chi connectivity index (χ1n) is 5.43. The van der Waals surface area contributed by atoms with Gasteiger partial charge in [0.25, 0.3) is 11.9 Å². The fourth-order valence-electron chi connectivity index (χ4n) is 0.541. The maximum Gasteiger partial charge on any atom is 0.300 e. The summed E-state index contributed by atoms with van der Waals surface area (Å²) in [6, 6.07) is 0. The number of rotatable bonds is 4. The second-order valence-corrected chi connectivity index (χ2v) is 3.77. The molecule has 0 aliphatic heterocycles. The van der Waals surface area contributed by atoms with Gasteiger partial charge in [0.05, 0.1) is 6.61 Å². The smallest absolute Gasteiger partial charge is 0.300 e. The number of carbonyl (C=O) groups is 2. The van der Waals surface area contributed by atoms with Crippen LogP contribution in [0.15, 0.2) is 11.6 Å². The molecule has 0 amide bonds. The number of aliphatic hydroxyl groups excluding tert-OH is 2. The van der Waals surface area contributed by atoms with Crippen molar-refractivity contribution in [1.82, 2.24) is 0 Å². The lowest BCUT2D eigenvalue weighted by Crippen LogP contribution is -1.98. The topological polar surface area (TPSA) is 115 Å². The summed E-state index contributed by atoms with van der Waals surface area (Å²) in [4.78, 5) is 18.0. The highest BCUT2D eigenvalue weighted by atomic mass is 16.4. The van der Waals surface area contributed by atoms with Crippen LogP contribution >= 0.6 is 0 Å². The minimum atomic E-state index is -0.833. The van der Waals surface area contributed by atoms with E-state index in [9.17, 15) is 0 Å². The number of carboxylic acid groups (broad SMARTS) is 2. The first kappa shape index (κ1) is 21.8. The Labute approximate surface area is 108 Å². The molecule has 0 aromatic carbocycles. The minimum absolute atomic E-state index is 0.123. The van der Waals surface area contributed by atoms with Gasteiger partial charge < -0.3 is 20.4 Å². The Morgan fingerprint density at radius 1 is 1.06 bits per heavy atom. The van der Waals surface area contributed by atoms with Crippen LogP contribution in [-0.4, -0.2) is 45.6 Å². The van der Waals surface area contributed by atoms with Gasteiger partial charge in [-0.15, -0.1) is 0 Å². The molecule has 0 fully saturated rings. The van der Waals surface area contributed by atoms with Gasteiger partial charge in [-0.1, -0.05) is 18.6 Å². The molecule has 0 rings (SSSR count). The number of allylic oxidation sites excluding steroid dienone is 1. The SMILES string of the molecule is C/C(=C\CC(C)CO)CO.CC(=O)O.CC(=O)O. The fourth-order valence-corrected chi connectivity index (χ4v) is 0.541. The monoisotopic (exact) mass is 264 g/mol. The van der Waals surface area contributed by atoms with E-state index in [1.807, 2.05) is 19.9 Å². The summed E-state index contributed by atoms with van der Waals surface area (Å²) in [5, 5.41) is 32.1. The van der Waals surface area contributed by atoms with Crippen molar-refractivity contribution in [2.24, 2.45) is 5.92 Å². The summed E-state index contributed by atoms with van der Waals surface area (Å²) in [6.07, 6.45) is 2.81. The van der Waals surface area contributed by atoms with Crippen molar-refractivity contribution in [3.05, 3.63) is 11.6 Å². The Morgan fingerprint density at radius 2 is 1.39 bits per heavy atom. The molecule has 0 saturated carbocycles. The Bertz CT molecular complexity index is 227. The number of aliphatic carboxylic acids is 2. The van der Waals surface area contributed by atoms with Gasteiger partial charge in [-0.3, -0.25) is 9.59 Å². The molecule has 18 heavy (non-hydrogen) atoms. The van der Waals surface area contributed by atoms with Crippen molar-refractivity contribution in [1.29, 1.82) is 0 Å². The lowest BCUT2D eigenvalue weighted by atomic mass is 10.1. The number of aliphatic hydroxyl groups is 2. The van der Waals surface area contributed by atoms with Crippen molar-refractivity contribution < 1.29 is 30.0 Å². The van der Waals surface area contributed by atoms with E-state index in [2.05, 4.69) is 0 Å². The third-order valence-corrected chi connectivity index (χ3v) is 1.43. The third kappa shape index (κ3) is 46.8. The van der Waals surface area contributed by atoms with Crippen LogP contribution in [0.1, 0.15) is 34.1 Å². The number of carboxylic acids is 2. The molecule has 108 valence electrons. The fraction of sp³-hybridized carbons (Fsp3) is 0.667. The standard InChI is InChI=1S/C8H16O2.2C2H4O2/c1-7(5-9)3-4-8(2)6-10;2*1-2(3)4/h3,8-10H,4-6H2,1-2H3;2*1H3,(H,3,4)/b7-3+;;. The zero-order chi connectivity index (χ0) is 15.1. The number of hydrogen-bond donors (Lipinski definition) is 4. The van der Waals surface area contributed by atoms with Crippen LogP contribution in [0.3, 0.4) is 0 Å². The third-order valence-electron chi connectivity index (χ3n) is 1.43. The van der Waals surface area contributed by atoms with E-state index in [1.165, 1.54) is 0 Å². The molecule has 6 heteroatoms. The molecular formula is C12H24O6. The summed E-state index contributed by atoms with van der Waals surface area (Å²) in [5.41, 5.74) is 0.973. The molecule has 0 aliphatic rings. The molecule has 0 heterocycles. The normalized spacial score (nSPS) is 11.3. The van der Waals surface area contributed by atoms with Gasteiger partial charge in [-0.25, -0.2) is 0 Å². The van der Waals surface area contributed by atoms with Crippen LogP contribution in [0.5, 0.6) is 0 Å². The molecule has 0 aromatic rings. The molecule has 0 saturated heterocycles. The van der Waals surface area contributed by atoms with Crippen molar-refractivity contribution >= 4 is 11.9 Å². The van der Waals surface area contributed by atoms with Crippen LogP contribution in [0.4, 0.5) is 0 Å². The van der Waals surface area contributed by atoms with Gasteiger partial charge in [0.15, 0.2) is 0 Å². The maximum atomic E-state index is 9.00. The molecule has 0 radical (unpaired) electrons. The predicted octanol–water partition coefficient (Wildman–Crippen LogP) is 1.13. The van der Waals surface area contributed by atoms with Gasteiger partial charge in [-0.2, -0.15) is 0 Å². The second kappa shape index (κ2) is 15.6. The predicted molar refractivity (Wildman–Crippen MR) is 68.3 cm³/mol. The summed E-state index contributed by atoms with van der Waals surface area (Å²) in [5.74, 6) is -1.36. The summed E-state index contributed by atoms with van der Waals surface area (Å²) in [7, 11) is 0. The highest BCUT2D eigenvalue weighted by Crippen LogP contribution is 2.03. The Morgan fingerprint density at radius 3 is 1.61 bits per heavy atom. The highest BCUT2D eigenvalue weighted by Gasteiger charge is 1.95. The van der Waals surface area contributed by atoms with Gasteiger partial charge in [0.2, 0.25) is 0 Å². The molecule has 0 aromatic heterocycles. The number of hydrogen-bond acceptors (Lipinski definition) is 4. The Kier molecular flexibility index (Phi) is 18.9. The Balaban J connectivity index is -0.000000233. The van der Waals surface area contributed by atoms with Gasteiger partial charge in [0.1, 0.15) is 0 Å². The zero-order valence-electron chi connectivity index (χ0n) is 11.4. The minimum Gasteiger partial charge on any atom is -0.481 e. The van der Waals surface area contributed by atoms with Gasteiger partial charge in [-0.05, 0) is 19.3 Å². The van der Waals surface area contributed by atoms with Crippen LogP contribution in [0, 0.1) is 5.92 Å². The van der Waals surface area contributed by atoms with E-state index in [4.69, 9.17) is 30.0 Å². The van der Waals surface area contributed by atoms with Crippen molar-refractivity contribution in [3.63, 3.8) is 0 Å². The van der Waals surface area contributed by atoms with Crippen LogP contribution < -0.4 is 0 Å². The average molecular weight is 264 g/mol.